The maximum atomic E-state index is 10.5. The SMILES string of the molecule is O=[N+]([O-])c1ccc(SCC2(CS)CC2)cc1. The maximum absolute atomic E-state index is 10.5. The van der Waals surface area contributed by atoms with Crippen molar-refractivity contribution in [3.8, 4) is 0 Å². The summed E-state index contributed by atoms with van der Waals surface area (Å²) in [5, 5.41) is 10.5. The van der Waals surface area contributed by atoms with Crippen LogP contribution in [0.25, 0.3) is 0 Å². The number of hydrogen-bond donors (Lipinski definition) is 1. The number of non-ortho nitro benzene ring substituents is 1. The van der Waals surface area contributed by atoms with Gasteiger partial charge in [0.25, 0.3) is 5.69 Å². The summed E-state index contributed by atoms with van der Waals surface area (Å²) in [5.41, 5.74) is 0.579. The average molecular weight is 255 g/mol. The second kappa shape index (κ2) is 4.67. The second-order valence-electron chi connectivity index (χ2n) is 4.20. The molecule has 0 radical (unpaired) electrons. The fourth-order valence-corrected chi connectivity index (χ4v) is 3.20. The molecule has 0 saturated heterocycles. The van der Waals surface area contributed by atoms with Gasteiger partial charge in [0.1, 0.15) is 0 Å². The lowest BCUT2D eigenvalue weighted by molar-refractivity contribution is -0.384. The Labute approximate surface area is 104 Å². The molecular formula is C11H13NO2S2. The average Bonchev–Trinajstić information content (AvgIpc) is 3.08. The Morgan fingerprint density at radius 3 is 2.44 bits per heavy atom. The number of hydrogen-bond acceptors (Lipinski definition) is 4. The van der Waals surface area contributed by atoms with E-state index in [1.807, 2.05) is 12.1 Å². The minimum atomic E-state index is -0.370. The van der Waals surface area contributed by atoms with Crippen molar-refractivity contribution in [3.63, 3.8) is 0 Å². The second-order valence-corrected chi connectivity index (χ2v) is 5.56. The molecule has 1 fully saturated rings. The van der Waals surface area contributed by atoms with Crippen LogP contribution in [0.3, 0.4) is 0 Å². The van der Waals surface area contributed by atoms with Crippen LogP contribution in [0, 0.1) is 15.5 Å². The first-order chi connectivity index (χ1) is 7.65. The van der Waals surface area contributed by atoms with E-state index in [1.165, 1.54) is 12.8 Å². The molecule has 1 aromatic rings. The Morgan fingerprint density at radius 2 is 2.00 bits per heavy atom. The van der Waals surface area contributed by atoms with Crippen LogP contribution >= 0.6 is 24.4 Å². The molecule has 0 N–H and O–H groups in total. The zero-order chi connectivity index (χ0) is 11.6. The van der Waals surface area contributed by atoms with Gasteiger partial charge in [-0.2, -0.15) is 12.6 Å². The van der Waals surface area contributed by atoms with Gasteiger partial charge in [0.2, 0.25) is 0 Å². The van der Waals surface area contributed by atoms with Gasteiger partial charge in [0, 0.05) is 22.8 Å². The van der Waals surface area contributed by atoms with Gasteiger partial charge in [-0.3, -0.25) is 10.1 Å². The van der Waals surface area contributed by atoms with E-state index in [-0.39, 0.29) is 10.6 Å². The number of rotatable bonds is 5. The van der Waals surface area contributed by atoms with Crippen LogP contribution in [0.15, 0.2) is 29.2 Å². The Bertz CT molecular complexity index is 387. The van der Waals surface area contributed by atoms with Crippen molar-refractivity contribution in [1.29, 1.82) is 0 Å². The van der Waals surface area contributed by atoms with Crippen LogP contribution in [0.1, 0.15) is 12.8 Å². The summed E-state index contributed by atoms with van der Waals surface area (Å²) < 4.78 is 0. The number of benzene rings is 1. The quantitative estimate of drug-likeness (QED) is 0.379. The van der Waals surface area contributed by atoms with Crippen LogP contribution in [-0.2, 0) is 0 Å². The Hall–Kier alpha value is -0.680. The molecule has 1 aliphatic rings. The van der Waals surface area contributed by atoms with Crippen molar-refractivity contribution in [2.45, 2.75) is 17.7 Å². The van der Waals surface area contributed by atoms with Crippen LogP contribution in [0.2, 0.25) is 0 Å². The van der Waals surface area contributed by atoms with Gasteiger partial charge in [0.05, 0.1) is 4.92 Å². The molecule has 2 rings (SSSR count). The van der Waals surface area contributed by atoms with Crippen LogP contribution < -0.4 is 0 Å². The highest BCUT2D eigenvalue weighted by Crippen LogP contribution is 2.49. The lowest BCUT2D eigenvalue weighted by atomic mass is 10.2. The zero-order valence-electron chi connectivity index (χ0n) is 8.76. The normalized spacial score (nSPS) is 17.1. The number of nitro benzene ring substituents is 1. The van der Waals surface area contributed by atoms with Crippen LogP contribution in [0.4, 0.5) is 5.69 Å². The van der Waals surface area contributed by atoms with Gasteiger partial charge in [0.15, 0.2) is 0 Å². The molecule has 5 heteroatoms. The van der Waals surface area contributed by atoms with E-state index in [4.69, 9.17) is 0 Å². The smallest absolute Gasteiger partial charge is 0.258 e. The molecular weight excluding hydrogens is 242 g/mol. The minimum Gasteiger partial charge on any atom is -0.258 e. The summed E-state index contributed by atoms with van der Waals surface area (Å²) in [5.74, 6) is 2.00. The fraction of sp³-hybridized carbons (Fsp3) is 0.455. The molecule has 0 bridgehead atoms. The molecule has 0 amide bonds. The third-order valence-corrected chi connectivity index (χ3v) is 4.92. The Kier molecular flexibility index (Phi) is 3.44. The van der Waals surface area contributed by atoms with Gasteiger partial charge in [-0.25, -0.2) is 0 Å². The molecule has 0 heterocycles. The molecule has 0 spiro atoms. The summed E-state index contributed by atoms with van der Waals surface area (Å²) in [7, 11) is 0. The predicted molar refractivity (Wildman–Crippen MR) is 69.3 cm³/mol. The van der Waals surface area contributed by atoms with Gasteiger partial charge in [-0.05, 0) is 36.1 Å². The van der Waals surface area contributed by atoms with E-state index in [0.29, 0.717) is 5.41 Å². The summed E-state index contributed by atoms with van der Waals surface area (Å²) >= 11 is 6.11. The van der Waals surface area contributed by atoms with Crippen molar-refractivity contribution in [2.75, 3.05) is 11.5 Å². The van der Waals surface area contributed by atoms with E-state index < -0.39 is 0 Å². The third-order valence-electron chi connectivity index (χ3n) is 2.89. The molecule has 1 saturated carbocycles. The van der Waals surface area contributed by atoms with E-state index in [2.05, 4.69) is 12.6 Å². The van der Waals surface area contributed by atoms with E-state index in [1.54, 1.807) is 23.9 Å². The van der Waals surface area contributed by atoms with Crippen LogP contribution in [0.5, 0.6) is 0 Å². The van der Waals surface area contributed by atoms with Crippen molar-refractivity contribution >= 4 is 30.1 Å². The summed E-state index contributed by atoms with van der Waals surface area (Å²) in [4.78, 5) is 11.2. The standard InChI is InChI=1S/C11H13NO2S2/c13-12(14)9-1-3-10(4-2-9)16-8-11(7-15)5-6-11/h1-4,15H,5-8H2. The number of nitro groups is 1. The van der Waals surface area contributed by atoms with Crippen molar-refractivity contribution in [1.82, 2.24) is 0 Å². The Morgan fingerprint density at radius 1 is 1.38 bits per heavy atom. The lowest BCUT2D eigenvalue weighted by Gasteiger charge is -2.10. The van der Waals surface area contributed by atoms with E-state index in [0.717, 1.165) is 16.4 Å². The Balaban J connectivity index is 1.93. The molecule has 16 heavy (non-hydrogen) atoms. The van der Waals surface area contributed by atoms with Gasteiger partial charge in [-0.15, -0.1) is 11.8 Å². The molecule has 1 aliphatic carbocycles. The number of nitrogens with zero attached hydrogens (tertiary/aromatic N) is 1. The largest absolute Gasteiger partial charge is 0.269 e. The molecule has 86 valence electrons. The summed E-state index contributed by atoms with van der Waals surface area (Å²) in [6.07, 6.45) is 2.52. The fourth-order valence-electron chi connectivity index (χ4n) is 1.43. The zero-order valence-corrected chi connectivity index (χ0v) is 10.5. The van der Waals surface area contributed by atoms with E-state index in [9.17, 15) is 10.1 Å². The maximum Gasteiger partial charge on any atom is 0.269 e. The highest BCUT2D eigenvalue weighted by atomic mass is 32.2. The first kappa shape index (κ1) is 11.8. The predicted octanol–water partition coefficient (Wildman–Crippen LogP) is 3.40. The summed E-state index contributed by atoms with van der Waals surface area (Å²) in [6, 6.07) is 6.75. The van der Waals surface area contributed by atoms with Gasteiger partial charge >= 0.3 is 0 Å². The third kappa shape index (κ3) is 2.71. The topological polar surface area (TPSA) is 43.1 Å². The molecule has 1 aromatic carbocycles. The first-order valence-corrected chi connectivity index (χ1v) is 6.75. The first-order valence-electron chi connectivity index (χ1n) is 5.13. The summed E-state index contributed by atoms with van der Waals surface area (Å²) in [6.45, 7) is 0. The van der Waals surface area contributed by atoms with Crippen molar-refractivity contribution < 1.29 is 4.92 Å². The van der Waals surface area contributed by atoms with Gasteiger partial charge < -0.3 is 0 Å². The molecule has 0 atom stereocenters. The molecule has 0 aliphatic heterocycles. The van der Waals surface area contributed by atoms with Crippen molar-refractivity contribution in [2.24, 2.45) is 5.41 Å². The molecule has 0 unspecified atom stereocenters. The molecule has 0 aromatic heterocycles. The lowest BCUT2D eigenvalue weighted by Crippen LogP contribution is -2.05. The van der Waals surface area contributed by atoms with E-state index >= 15 is 0 Å². The van der Waals surface area contributed by atoms with Gasteiger partial charge in [-0.1, -0.05) is 0 Å². The number of thioether (sulfide) groups is 1. The highest BCUT2D eigenvalue weighted by Gasteiger charge is 2.40. The number of thiol groups is 1. The minimum absolute atomic E-state index is 0.152. The van der Waals surface area contributed by atoms with Crippen molar-refractivity contribution in [3.05, 3.63) is 34.4 Å². The monoisotopic (exact) mass is 255 g/mol. The molecule has 3 nitrogen and oxygen atoms in total. The highest BCUT2D eigenvalue weighted by molar-refractivity contribution is 7.99. The van der Waals surface area contributed by atoms with Crippen LogP contribution in [-0.4, -0.2) is 16.4 Å².